The van der Waals surface area contributed by atoms with Gasteiger partial charge >= 0.3 is 0 Å². The second-order valence-electron chi connectivity index (χ2n) is 23.5. The molecule has 0 saturated heterocycles. The molecule has 390 valence electrons. The smallest absolute Gasteiger partial charge is 0.252 e. The quantitative estimate of drug-likeness (QED) is 0.160. The lowest BCUT2D eigenvalue weighted by Crippen LogP contribution is -2.60. The lowest BCUT2D eigenvalue weighted by molar-refractivity contribution is 1.17. The van der Waals surface area contributed by atoms with Crippen LogP contribution in [-0.2, 0) is 0 Å². The molecule has 0 bridgehead atoms. The van der Waals surface area contributed by atoms with E-state index in [4.69, 9.17) is 0 Å². The topological polar surface area (TPSA) is 21.3 Å². The molecule has 85 heavy (non-hydrogen) atoms. The molecule has 0 N–H and O–H groups in total. The standard InChI is InChI=1S/C78H47B2N5/c1-6-22-48(23-7-1)50-40-71-75-73(42-50)84-65-38-18-16-32-55(65)57-34-20-36-61(77(57)84)79(75)63-44-59-60-45-64-70(47-68(60)81(52-26-10-3-11-27-52)67(59)46-69(63)82(71)53-28-12-4-13-29-53)83(54-30-14-5-15-31-54)72-41-51(49-24-8-2-9-25-49)43-74-76(72)80(64)62-37-21-35-58-56-33-17-19-39-66(56)85(74)78(58)62/h1-47H. The number of benzene rings is 13. The highest BCUT2D eigenvalue weighted by Gasteiger charge is 2.45. The predicted octanol–water partition coefficient (Wildman–Crippen LogP) is 15.5. The summed E-state index contributed by atoms with van der Waals surface area (Å²) in [6, 6.07) is 107. The Morgan fingerprint density at radius 1 is 0.212 bits per heavy atom. The van der Waals surface area contributed by atoms with E-state index in [1.165, 1.54) is 144 Å². The maximum absolute atomic E-state index is 2.61. The Kier molecular flexibility index (Phi) is 9.02. The fourth-order valence-corrected chi connectivity index (χ4v) is 16.0. The van der Waals surface area contributed by atoms with Crippen LogP contribution in [0.5, 0.6) is 0 Å². The van der Waals surface area contributed by atoms with Gasteiger partial charge in [0.05, 0.1) is 22.1 Å². The number of nitrogens with zero attached hydrogens (tertiary/aromatic N) is 5. The zero-order valence-corrected chi connectivity index (χ0v) is 46.0. The molecule has 4 aliphatic heterocycles. The minimum atomic E-state index is -0.0675. The van der Waals surface area contributed by atoms with E-state index >= 15 is 0 Å². The van der Waals surface area contributed by atoms with Crippen molar-refractivity contribution in [3.8, 4) is 39.3 Å². The van der Waals surface area contributed by atoms with Gasteiger partial charge in [0, 0.05) is 94.5 Å². The summed E-state index contributed by atoms with van der Waals surface area (Å²) < 4.78 is 7.72. The summed E-state index contributed by atoms with van der Waals surface area (Å²) in [7, 11) is 0. The highest BCUT2D eigenvalue weighted by Crippen LogP contribution is 2.49. The Morgan fingerprint density at radius 2 is 0.576 bits per heavy atom. The number of fused-ring (bicyclic) bond motifs is 17. The van der Waals surface area contributed by atoms with Crippen LogP contribution in [0.3, 0.4) is 0 Å². The van der Waals surface area contributed by atoms with Crippen LogP contribution in [0.25, 0.3) is 105 Å². The van der Waals surface area contributed by atoms with Gasteiger partial charge in [0.2, 0.25) is 0 Å². The summed E-state index contributed by atoms with van der Waals surface area (Å²) in [6.45, 7) is -0.135. The lowest BCUT2D eigenvalue weighted by atomic mass is 9.33. The minimum Gasteiger partial charge on any atom is -0.311 e. The molecular formula is C78H47B2N5. The normalized spacial score (nSPS) is 13.3. The largest absolute Gasteiger partial charge is 0.311 e. The minimum absolute atomic E-state index is 0.0675. The average molecular weight is 1080 g/mol. The highest BCUT2D eigenvalue weighted by molar-refractivity contribution is 7.01. The van der Waals surface area contributed by atoms with Gasteiger partial charge in [-0.25, -0.2) is 0 Å². The molecule has 16 aromatic rings. The van der Waals surface area contributed by atoms with Crippen molar-refractivity contribution in [2.24, 2.45) is 0 Å². The molecule has 0 fully saturated rings. The second kappa shape index (κ2) is 16.8. The fourth-order valence-electron chi connectivity index (χ4n) is 16.0. The summed E-state index contributed by atoms with van der Waals surface area (Å²) >= 11 is 0. The van der Waals surface area contributed by atoms with Gasteiger partial charge in [-0.3, -0.25) is 0 Å². The third kappa shape index (κ3) is 6.03. The van der Waals surface area contributed by atoms with Crippen molar-refractivity contribution in [1.82, 2.24) is 13.7 Å². The highest BCUT2D eigenvalue weighted by atomic mass is 15.2. The van der Waals surface area contributed by atoms with Gasteiger partial charge in [0.15, 0.2) is 0 Å². The van der Waals surface area contributed by atoms with Crippen molar-refractivity contribution < 1.29 is 0 Å². The van der Waals surface area contributed by atoms with Crippen LogP contribution in [-0.4, -0.2) is 27.1 Å². The molecule has 20 rings (SSSR count). The molecular weight excluding hydrogens is 1030 g/mol. The first-order chi connectivity index (χ1) is 42.2. The van der Waals surface area contributed by atoms with Crippen molar-refractivity contribution >= 4 is 146 Å². The first-order valence-corrected chi connectivity index (χ1v) is 29.7. The van der Waals surface area contributed by atoms with Crippen molar-refractivity contribution in [3.05, 3.63) is 285 Å². The van der Waals surface area contributed by atoms with Crippen LogP contribution in [0.2, 0.25) is 0 Å². The van der Waals surface area contributed by atoms with Crippen LogP contribution >= 0.6 is 0 Å². The van der Waals surface area contributed by atoms with Gasteiger partial charge in [-0.15, -0.1) is 0 Å². The van der Waals surface area contributed by atoms with E-state index in [2.05, 4.69) is 309 Å². The zero-order chi connectivity index (χ0) is 55.2. The molecule has 0 aliphatic carbocycles. The Bertz CT molecular complexity index is 5230. The number of para-hydroxylation sites is 7. The van der Waals surface area contributed by atoms with E-state index in [-0.39, 0.29) is 13.4 Å². The Labute approximate surface area is 490 Å². The molecule has 7 heterocycles. The number of aromatic nitrogens is 3. The predicted molar refractivity (Wildman–Crippen MR) is 359 cm³/mol. The number of anilines is 6. The van der Waals surface area contributed by atoms with E-state index in [0.29, 0.717) is 0 Å². The van der Waals surface area contributed by atoms with E-state index < -0.39 is 0 Å². The maximum atomic E-state index is 2.61. The monoisotopic (exact) mass is 1080 g/mol. The van der Waals surface area contributed by atoms with Crippen LogP contribution in [0.1, 0.15) is 0 Å². The van der Waals surface area contributed by atoms with Crippen LogP contribution in [0.4, 0.5) is 34.1 Å². The first kappa shape index (κ1) is 45.6. The Balaban J connectivity index is 0.939. The SMILES string of the molecule is c1ccc(-c2cc3c4c(c2)-n2c5ccccc5c5cccc(c52)B4c2cc4c5cc6c(cc5n(-c5ccccc5)c4cc2N3c2ccccc2)N(c2ccccc2)c2cc(-c3ccccc3)cc3c2B6c2cccc4c5ccccc5n-3c24)cc1. The van der Waals surface area contributed by atoms with Gasteiger partial charge in [0.25, 0.3) is 13.4 Å². The Hall–Kier alpha value is -11.0. The van der Waals surface area contributed by atoms with E-state index in [1.807, 2.05) is 0 Å². The molecule has 13 aromatic carbocycles. The summed E-state index contributed by atoms with van der Waals surface area (Å²) in [6.07, 6.45) is 0. The van der Waals surface area contributed by atoms with E-state index in [9.17, 15) is 0 Å². The Morgan fingerprint density at radius 3 is 1.01 bits per heavy atom. The van der Waals surface area contributed by atoms with Crippen LogP contribution in [0.15, 0.2) is 285 Å². The van der Waals surface area contributed by atoms with Crippen LogP contribution in [0, 0.1) is 0 Å². The molecule has 0 atom stereocenters. The first-order valence-electron chi connectivity index (χ1n) is 29.7. The van der Waals surface area contributed by atoms with Crippen molar-refractivity contribution in [3.63, 3.8) is 0 Å². The van der Waals surface area contributed by atoms with Crippen molar-refractivity contribution in [2.75, 3.05) is 9.80 Å². The second-order valence-corrected chi connectivity index (χ2v) is 23.5. The van der Waals surface area contributed by atoms with Crippen molar-refractivity contribution in [2.45, 2.75) is 0 Å². The molecule has 0 unspecified atom stereocenters. The van der Waals surface area contributed by atoms with E-state index in [1.54, 1.807) is 0 Å². The van der Waals surface area contributed by atoms with Gasteiger partial charge in [0.1, 0.15) is 0 Å². The molecule has 5 nitrogen and oxygen atoms in total. The third-order valence-corrected chi connectivity index (χ3v) is 19.3. The third-order valence-electron chi connectivity index (χ3n) is 19.3. The molecule has 0 saturated carbocycles. The number of hydrogen-bond donors (Lipinski definition) is 0. The molecule has 4 aliphatic rings. The van der Waals surface area contributed by atoms with Gasteiger partial charge < -0.3 is 23.5 Å². The average Bonchev–Trinajstić information content (AvgIpc) is 2.17. The summed E-state index contributed by atoms with van der Waals surface area (Å²) in [5.41, 5.74) is 30.6. The fraction of sp³-hybridized carbons (Fsp3) is 0. The molecule has 0 spiro atoms. The van der Waals surface area contributed by atoms with Gasteiger partial charge in [-0.05, 0) is 140 Å². The van der Waals surface area contributed by atoms with Crippen LogP contribution < -0.4 is 42.6 Å². The molecule has 3 aromatic heterocycles. The number of rotatable bonds is 5. The number of hydrogen-bond acceptors (Lipinski definition) is 2. The zero-order valence-electron chi connectivity index (χ0n) is 46.0. The maximum Gasteiger partial charge on any atom is 0.252 e. The van der Waals surface area contributed by atoms with Crippen molar-refractivity contribution in [1.29, 1.82) is 0 Å². The van der Waals surface area contributed by atoms with E-state index in [0.717, 1.165) is 28.1 Å². The lowest BCUT2D eigenvalue weighted by Gasteiger charge is -2.41. The van der Waals surface area contributed by atoms with Gasteiger partial charge in [-0.2, -0.15) is 0 Å². The molecule has 0 amide bonds. The summed E-state index contributed by atoms with van der Waals surface area (Å²) in [4.78, 5) is 5.15. The summed E-state index contributed by atoms with van der Waals surface area (Å²) in [5, 5.41) is 7.58. The van der Waals surface area contributed by atoms with Gasteiger partial charge in [-0.1, -0.05) is 200 Å². The molecule has 7 heteroatoms. The summed E-state index contributed by atoms with van der Waals surface area (Å²) in [5.74, 6) is 0. The molecule has 0 radical (unpaired) electrons.